The molecule has 1 aliphatic rings. The Hall–Kier alpha value is -1.06. The first kappa shape index (κ1) is 12.9. The van der Waals surface area contributed by atoms with Crippen molar-refractivity contribution >= 4 is 17.1 Å². The lowest BCUT2D eigenvalue weighted by molar-refractivity contribution is 0.191. The van der Waals surface area contributed by atoms with Crippen LogP contribution >= 0.6 is 11.6 Å². The molecule has 0 atom stereocenters. The Kier molecular flexibility index (Phi) is 3.76. The van der Waals surface area contributed by atoms with Gasteiger partial charge in [-0.1, -0.05) is 18.5 Å². The summed E-state index contributed by atoms with van der Waals surface area (Å²) >= 11 is 6.07. The summed E-state index contributed by atoms with van der Waals surface area (Å²) in [6.45, 7) is 5.87. The summed E-state index contributed by atoms with van der Waals surface area (Å²) in [6.07, 6.45) is 7.53. The average molecular weight is 278 g/mol. The molecule has 1 fully saturated rings. The summed E-state index contributed by atoms with van der Waals surface area (Å²) < 4.78 is 2.13. The topological polar surface area (TPSA) is 20.5 Å². The lowest BCUT2D eigenvalue weighted by atomic mass is 9.93. The third kappa shape index (κ3) is 2.77. The van der Waals surface area contributed by atoms with Crippen LogP contribution < -0.4 is 0 Å². The van der Waals surface area contributed by atoms with E-state index in [-0.39, 0.29) is 0 Å². The summed E-state index contributed by atoms with van der Waals surface area (Å²) in [6, 6.07) is 3.95. The van der Waals surface area contributed by atoms with E-state index in [1.807, 2.05) is 24.5 Å². The number of rotatable bonds is 3. The Morgan fingerprint density at radius 3 is 2.84 bits per heavy atom. The predicted octanol–water partition coefficient (Wildman–Crippen LogP) is 3.26. The highest BCUT2D eigenvalue weighted by Crippen LogP contribution is 2.22. The average Bonchev–Trinajstić information content (AvgIpc) is 2.82. The van der Waals surface area contributed by atoms with E-state index in [1.165, 1.54) is 32.5 Å². The monoisotopic (exact) mass is 277 g/mol. The number of imidazole rings is 1. The fourth-order valence-corrected chi connectivity index (χ4v) is 3.09. The molecule has 0 saturated carbocycles. The van der Waals surface area contributed by atoms with Crippen molar-refractivity contribution in [2.24, 2.45) is 5.92 Å². The molecule has 0 radical (unpaired) electrons. The van der Waals surface area contributed by atoms with Crippen molar-refractivity contribution in [1.29, 1.82) is 0 Å². The van der Waals surface area contributed by atoms with Gasteiger partial charge in [-0.05, 0) is 50.5 Å². The summed E-state index contributed by atoms with van der Waals surface area (Å²) in [5, 5.41) is 0.771. The molecular weight excluding hydrogens is 258 g/mol. The summed E-state index contributed by atoms with van der Waals surface area (Å²) in [5.74, 6) is 1.90. The van der Waals surface area contributed by atoms with Crippen LogP contribution in [0.5, 0.6) is 0 Å². The minimum atomic E-state index is 0.757. The van der Waals surface area contributed by atoms with Crippen molar-refractivity contribution in [3.63, 3.8) is 0 Å². The van der Waals surface area contributed by atoms with Crippen molar-refractivity contribution in [2.45, 2.75) is 26.2 Å². The van der Waals surface area contributed by atoms with Crippen LogP contribution in [0.4, 0.5) is 0 Å². The Morgan fingerprint density at radius 2 is 2.11 bits per heavy atom. The highest BCUT2D eigenvalue weighted by molar-refractivity contribution is 6.30. The smallest absolute Gasteiger partial charge is 0.113 e. The number of halogens is 1. The summed E-state index contributed by atoms with van der Waals surface area (Å²) in [4.78, 5) is 7.09. The van der Waals surface area contributed by atoms with E-state index in [0.717, 1.165) is 28.7 Å². The van der Waals surface area contributed by atoms with Gasteiger partial charge in [0.25, 0.3) is 0 Å². The molecular formula is C15H20ClN3. The second-order valence-corrected chi connectivity index (χ2v) is 5.83. The zero-order chi connectivity index (χ0) is 13.2. The van der Waals surface area contributed by atoms with E-state index >= 15 is 0 Å². The van der Waals surface area contributed by atoms with E-state index in [0.29, 0.717) is 0 Å². The molecule has 1 saturated heterocycles. The van der Waals surface area contributed by atoms with Crippen LogP contribution in [0, 0.1) is 5.92 Å². The maximum Gasteiger partial charge on any atom is 0.113 e. The third-order valence-corrected chi connectivity index (χ3v) is 4.42. The van der Waals surface area contributed by atoms with Crippen LogP contribution in [0.3, 0.4) is 0 Å². The quantitative estimate of drug-likeness (QED) is 0.858. The van der Waals surface area contributed by atoms with Crippen LogP contribution in [0.25, 0.3) is 5.52 Å². The van der Waals surface area contributed by atoms with E-state index in [9.17, 15) is 0 Å². The van der Waals surface area contributed by atoms with Gasteiger partial charge in [0.05, 0.1) is 16.7 Å². The Morgan fingerprint density at radius 1 is 1.32 bits per heavy atom. The van der Waals surface area contributed by atoms with Gasteiger partial charge in [0, 0.05) is 12.6 Å². The van der Waals surface area contributed by atoms with Gasteiger partial charge in [-0.2, -0.15) is 0 Å². The van der Waals surface area contributed by atoms with Crippen molar-refractivity contribution < 1.29 is 0 Å². The Bertz CT molecular complexity index is 556. The normalized spacial score (nSPS) is 18.2. The van der Waals surface area contributed by atoms with Crippen LogP contribution in [0.2, 0.25) is 5.02 Å². The summed E-state index contributed by atoms with van der Waals surface area (Å²) in [5.41, 5.74) is 1.13. The number of hydrogen-bond acceptors (Lipinski definition) is 2. The Balaban J connectivity index is 1.73. The highest BCUT2D eigenvalue weighted by Gasteiger charge is 2.19. The van der Waals surface area contributed by atoms with Gasteiger partial charge in [-0.3, -0.25) is 0 Å². The van der Waals surface area contributed by atoms with E-state index < -0.39 is 0 Å². The molecule has 0 amide bonds. The number of hydrogen-bond donors (Lipinski definition) is 0. The van der Waals surface area contributed by atoms with Crippen molar-refractivity contribution in [2.75, 3.05) is 19.6 Å². The summed E-state index contributed by atoms with van der Waals surface area (Å²) in [7, 11) is 0. The molecule has 1 aliphatic heterocycles. The number of piperidine rings is 1. The van der Waals surface area contributed by atoms with Crippen LogP contribution in [0.15, 0.2) is 24.5 Å². The molecule has 0 spiro atoms. The molecule has 2 aromatic rings. The second kappa shape index (κ2) is 5.51. The zero-order valence-corrected chi connectivity index (χ0v) is 12.1. The lowest BCUT2D eigenvalue weighted by Crippen LogP contribution is -2.34. The molecule has 0 aromatic carbocycles. The molecule has 0 aliphatic carbocycles. The number of aromatic nitrogens is 2. The number of pyridine rings is 1. The first-order valence-electron chi connectivity index (χ1n) is 7.10. The molecule has 0 bridgehead atoms. The van der Waals surface area contributed by atoms with Crippen LogP contribution in [-0.4, -0.2) is 33.9 Å². The molecule has 102 valence electrons. The number of fused-ring (bicyclic) bond motifs is 1. The van der Waals surface area contributed by atoms with Gasteiger partial charge in [-0.15, -0.1) is 0 Å². The lowest BCUT2D eigenvalue weighted by Gasteiger charge is -2.30. The largest absolute Gasteiger partial charge is 0.304 e. The van der Waals surface area contributed by atoms with Crippen molar-refractivity contribution in [3.8, 4) is 0 Å². The molecule has 2 aromatic heterocycles. The van der Waals surface area contributed by atoms with Crippen LogP contribution in [0.1, 0.15) is 25.6 Å². The molecule has 4 heteroatoms. The standard InChI is InChI=1S/C15H20ClN3/c1-2-18-7-5-12(6-8-18)9-15-17-10-14-4-3-13(16)11-19(14)15/h3-4,10-12H,2,5-9H2,1H3. The van der Waals surface area contributed by atoms with Gasteiger partial charge in [-0.25, -0.2) is 4.98 Å². The minimum absolute atomic E-state index is 0.757. The SMILES string of the molecule is CCN1CCC(Cc2ncc3ccc(Cl)cn23)CC1. The van der Waals surface area contributed by atoms with E-state index in [4.69, 9.17) is 11.6 Å². The number of likely N-dealkylation sites (tertiary alicyclic amines) is 1. The highest BCUT2D eigenvalue weighted by atomic mass is 35.5. The van der Waals surface area contributed by atoms with E-state index in [1.54, 1.807) is 0 Å². The van der Waals surface area contributed by atoms with Gasteiger partial charge >= 0.3 is 0 Å². The van der Waals surface area contributed by atoms with Gasteiger partial charge < -0.3 is 9.30 Å². The maximum atomic E-state index is 6.07. The van der Waals surface area contributed by atoms with E-state index in [2.05, 4.69) is 21.2 Å². The van der Waals surface area contributed by atoms with Gasteiger partial charge in [0.1, 0.15) is 5.82 Å². The fraction of sp³-hybridized carbons (Fsp3) is 0.533. The fourth-order valence-electron chi connectivity index (χ4n) is 2.93. The molecule has 19 heavy (non-hydrogen) atoms. The third-order valence-electron chi connectivity index (χ3n) is 4.19. The van der Waals surface area contributed by atoms with Crippen molar-refractivity contribution in [1.82, 2.24) is 14.3 Å². The van der Waals surface area contributed by atoms with Crippen molar-refractivity contribution in [3.05, 3.63) is 35.4 Å². The predicted molar refractivity (Wildman–Crippen MR) is 78.7 cm³/mol. The van der Waals surface area contributed by atoms with Gasteiger partial charge in [0.2, 0.25) is 0 Å². The van der Waals surface area contributed by atoms with Crippen LogP contribution in [-0.2, 0) is 6.42 Å². The second-order valence-electron chi connectivity index (χ2n) is 5.40. The van der Waals surface area contributed by atoms with Gasteiger partial charge in [0.15, 0.2) is 0 Å². The number of nitrogens with zero attached hydrogens (tertiary/aromatic N) is 3. The first-order valence-corrected chi connectivity index (χ1v) is 7.48. The molecule has 0 unspecified atom stereocenters. The first-order chi connectivity index (χ1) is 9.26. The molecule has 3 rings (SSSR count). The molecule has 3 nitrogen and oxygen atoms in total. The molecule has 0 N–H and O–H groups in total. The maximum absolute atomic E-state index is 6.07. The Labute approximate surface area is 119 Å². The zero-order valence-electron chi connectivity index (χ0n) is 11.3. The minimum Gasteiger partial charge on any atom is -0.304 e. The molecule has 3 heterocycles.